The van der Waals surface area contributed by atoms with E-state index in [4.69, 9.17) is 4.74 Å². The van der Waals surface area contributed by atoms with Crippen LogP contribution < -0.4 is 4.74 Å². The maximum absolute atomic E-state index is 12.1. The first-order valence-electron chi connectivity index (χ1n) is 7.35. The van der Waals surface area contributed by atoms with E-state index >= 15 is 0 Å². The molecule has 0 radical (unpaired) electrons. The highest BCUT2D eigenvalue weighted by atomic mass is 16.5. The van der Waals surface area contributed by atoms with Crippen molar-refractivity contribution in [1.29, 1.82) is 0 Å². The van der Waals surface area contributed by atoms with Crippen LogP contribution in [0.15, 0.2) is 24.3 Å². The Labute approximate surface area is 122 Å². The summed E-state index contributed by atoms with van der Waals surface area (Å²) in [7, 11) is 0. The fourth-order valence-electron chi connectivity index (χ4n) is 2.08. The van der Waals surface area contributed by atoms with Gasteiger partial charge in [-0.1, -0.05) is 32.9 Å². The van der Waals surface area contributed by atoms with Gasteiger partial charge in [0.2, 0.25) is 0 Å². The standard InChI is InChI=1S/C17H27NO2/c1-7-18(8-2)16(19)13(3)20-15-11-9-14(10-12-15)17(4,5)6/h9-13H,7-8H2,1-6H3. The Morgan fingerprint density at radius 1 is 1.15 bits per heavy atom. The first-order chi connectivity index (χ1) is 9.29. The first-order valence-corrected chi connectivity index (χ1v) is 7.35. The fraction of sp³-hybridized carbons (Fsp3) is 0.588. The molecule has 0 spiro atoms. The fourth-order valence-corrected chi connectivity index (χ4v) is 2.08. The summed E-state index contributed by atoms with van der Waals surface area (Å²) in [6, 6.07) is 7.99. The molecular weight excluding hydrogens is 250 g/mol. The van der Waals surface area contributed by atoms with Gasteiger partial charge in [0.1, 0.15) is 5.75 Å². The summed E-state index contributed by atoms with van der Waals surface area (Å²) in [6.45, 7) is 13.7. The molecule has 1 unspecified atom stereocenters. The molecule has 0 saturated heterocycles. The van der Waals surface area contributed by atoms with E-state index in [1.165, 1.54) is 5.56 Å². The molecule has 0 fully saturated rings. The molecule has 1 rings (SSSR count). The van der Waals surface area contributed by atoms with Gasteiger partial charge in [-0.2, -0.15) is 0 Å². The zero-order valence-corrected chi connectivity index (χ0v) is 13.6. The molecule has 20 heavy (non-hydrogen) atoms. The lowest BCUT2D eigenvalue weighted by Gasteiger charge is -2.24. The zero-order valence-electron chi connectivity index (χ0n) is 13.6. The van der Waals surface area contributed by atoms with Gasteiger partial charge in [-0.05, 0) is 43.9 Å². The number of likely N-dealkylation sites (N-methyl/N-ethyl adjacent to an activating group) is 1. The Morgan fingerprint density at radius 3 is 2.05 bits per heavy atom. The smallest absolute Gasteiger partial charge is 0.263 e. The van der Waals surface area contributed by atoms with Gasteiger partial charge in [-0.25, -0.2) is 0 Å². The third-order valence-electron chi connectivity index (χ3n) is 3.46. The third-order valence-corrected chi connectivity index (χ3v) is 3.46. The molecule has 0 N–H and O–H groups in total. The average Bonchev–Trinajstić information content (AvgIpc) is 2.39. The Bertz CT molecular complexity index is 427. The Kier molecular flexibility index (Phi) is 5.61. The highest BCUT2D eigenvalue weighted by Gasteiger charge is 2.20. The molecular formula is C17H27NO2. The summed E-state index contributed by atoms with van der Waals surface area (Å²) in [6.07, 6.45) is -0.449. The summed E-state index contributed by atoms with van der Waals surface area (Å²) in [5.41, 5.74) is 1.38. The van der Waals surface area contributed by atoms with Crippen LogP contribution in [-0.2, 0) is 10.2 Å². The van der Waals surface area contributed by atoms with Crippen molar-refractivity contribution in [1.82, 2.24) is 4.90 Å². The number of ether oxygens (including phenoxy) is 1. The summed E-state index contributed by atoms with van der Waals surface area (Å²) >= 11 is 0. The van der Waals surface area contributed by atoms with Crippen molar-refractivity contribution < 1.29 is 9.53 Å². The molecule has 3 heteroatoms. The van der Waals surface area contributed by atoms with E-state index in [0.29, 0.717) is 13.1 Å². The van der Waals surface area contributed by atoms with Crippen molar-refractivity contribution >= 4 is 5.91 Å². The van der Waals surface area contributed by atoms with Crippen LogP contribution in [0.2, 0.25) is 0 Å². The second-order valence-corrected chi connectivity index (χ2v) is 6.04. The van der Waals surface area contributed by atoms with Gasteiger partial charge in [0.25, 0.3) is 5.91 Å². The molecule has 3 nitrogen and oxygen atoms in total. The van der Waals surface area contributed by atoms with Crippen LogP contribution in [-0.4, -0.2) is 30.0 Å². The quantitative estimate of drug-likeness (QED) is 0.822. The summed E-state index contributed by atoms with van der Waals surface area (Å²) in [4.78, 5) is 13.9. The Morgan fingerprint density at radius 2 is 1.65 bits per heavy atom. The molecule has 112 valence electrons. The van der Waals surface area contributed by atoms with Gasteiger partial charge in [0.15, 0.2) is 6.10 Å². The predicted octanol–water partition coefficient (Wildman–Crippen LogP) is 3.62. The highest BCUT2D eigenvalue weighted by Crippen LogP contribution is 2.24. The van der Waals surface area contributed by atoms with E-state index in [1.807, 2.05) is 26.0 Å². The zero-order chi connectivity index (χ0) is 15.3. The molecule has 0 aromatic heterocycles. The minimum absolute atomic E-state index is 0.0369. The van der Waals surface area contributed by atoms with Crippen LogP contribution in [0.4, 0.5) is 0 Å². The number of carbonyl (C=O) groups is 1. The molecule has 0 bridgehead atoms. The molecule has 0 aliphatic carbocycles. The van der Waals surface area contributed by atoms with Crippen LogP contribution in [0, 0.1) is 0 Å². The highest BCUT2D eigenvalue weighted by molar-refractivity contribution is 5.80. The Hall–Kier alpha value is -1.51. The molecule has 0 aliphatic rings. The van der Waals surface area contributed by atoms with Gasteiger partial charge >= 0.3 is 0 Å². The van der Waals surface area contributed by atoms with E-state index in [0.717, 1.165) is 5.75 Å². The molecule has 0 aliphatic heterocycles. The van der Waals surface area contributed by atoms with E-state index in [-0.39, 0.29) is 11.3 Å². The van der Waals surface area contributed by atoms with Crippen LogP contribution >= 0.6 is 0 Å². The van der Waals surface area contributed by atoms with Gasteiger partial charge in [0, 0.05) is 13.1 Å². The number of hydrogen-bond donors (Lipinski definition) is 0. The lowest BCUT2D eigenvalue weighted by molar-refractivity contribution is -0.137. The van der Waals surface area contributed by atoms with Gasteiger partial charge < -0.3 is 9.64 Å². The maximum atomic E-state index is 12.1. The second kappa shape index (κ2) is 6.78. The van der Waals surface area contributed by atoms with Crippen molar-refractivity contribution in [3.8, 4) is 5.75 Å². The first kappa shape index (κ1) is 16.5. The number of nitrogens with zero attached hydrogens (tertiary/aromatic N) is 1. The van der Waals surface area contributed by atoms with Crippen LogP contribution in [0.1, 0.15) is 47.1 Å². The van der Waals surface area contributed by atoms with Crippen molar-refractivity contribution in [3.63, 3.8) is 0 Å². The summed E-state index contributed by atoms with van der Waals surface area (Å²) in [5.74, 6) is 0.779. The monoisotopic (exact) mass is 277 g/mol. The van der Waals surface area contributed by atoms with Gasteiger partial charge in [0.05, 0.1) is 0 Å². The minimum atomic E-state index is -0.449. The van der Waals surface area contributed by atoms with E-state index in [2.05, 4.69) is 32.9 Å². The third kappa shape index (κ3) is 4.26. The van der Waals surface area contributed by atoms with Crippen LogP contribution in [0.3, 0.4) is 0 Å². The van der Waals surface area contributed by atoms with Crippen molar-refractivity contribution in [2.24, 2.45) is 0 Å². The lowest BCUT2D eigenvalue weighted by Crippen LogP contribution is -2.40. The lowest BCUT2D eigenvalue weighted by atomic mass is 9.87. The van der Waals surface area contributed by atoms with E-state index in [9.17, 15) is 4.79 Å². The van der Waals surface area contributed by atoms with Crippen LogP contribution in [0.5, 0.6) is 5.75 Å². The van der Waals surface area contributed by atoms with Crippen molar-refractivity contribution in [2.75, 3.05) is 13.1 Å². The summed E-state index contributed by atoms with van der Waals surface area (Å²) < 4.78 is 5.74. The number of carbonyl (C=O) groups excluding carboxylic acids is 1. The topological polar surface area (TPSA) is 29.5 Å². The molecule has 1 atom stereocenters. The van der Waals surface area contributed by atoms with Crippen molar-refractivity contribution in [2.45, 2.75) is 53.1 Å². The molecule has 0 saturated carbocycles. The van der Waals surface area contributed by atoms with E-state index in [1.54, 1.807) is 11.8 Å². The van der Waals surface area contributed by atoms with Gasteiger partial charge in [-0.15, -0.1) is 0 Å². The number of amides is 1. The minimum Gasteiger partial charge on any atom is -0.481 e. The van der Waals surface area contributed by atoms with Gasteiger partial charge in [-0.3, -0.25) is 4.79 Å². The second-order valence-electron chi connectivity index (χ2n) is 6.04. The number of hydrogen-bond acceptors (Lipinski definition) is 2. The summed E-state index contributed by atoms with van der Waals surface area (Å²) in [5, 5.41) is 0. The molecule has 1 aromatic carbocycles. The largest absolute Gasteiger partial charge is 0.481 e. The molecule has 0 heterocycles. The van der Waals surface area contributed by atoms with Crippen molar-refractivity contribution in [3.05, 3.63) is 29.8 Å². The number of benzene rings is 1. The SMILES string of the molecule is CCN(CC)C(=O)C(C)Oc1ccc(C(C)(C)C)cc1. The molecule has 1 aromatic rings. The number of rotatable bonds is 5. The predicted molar refractivity (Wildman–Crippen MR) is 83.2 cm³/mol. The Balaban J connectivity index is 2.71. The van der Waals surface area contributed by atoms with Crippen LogP contribution in [0.25, 0.3) is 0 Å². The maximum Gasteiger partial charge on any atom is 0.263 e. The molecule has 1 amide bonds. The van der Waals surface area contributed by atoms with E-state index < -0.39 is 6.10 Å². The average molecular weight is 277 g/mol. The normalized spacial score (nSPS) is 12.9.